The molecule has 2 fully saturated rings. The smallest absolute Gasteiger partial charge is 0.338 e. The first-order valence-corrected chi connectivity index (χ1v) is 14.9. The molecule has 3 aliphatic rings. The molecule has 3 aromatic rings. The van der Waals surface area contributed by atoms with Crippen molar-refractivity contribution in [3.8, 4) is 23.0 Å². The van der Waals surface area contributed by atoms with Crippen molar-refractivity contribution in [2.45, 2.75) is 37.5 Å². The minimum Gasteiger partial charge on any atom is -0.497 e. The van der Waals surface area contributed by atoms with E-state index in [1.54, 1.807) is 26.4 Å². The maximum absolute atomic E-state index is 13.5. The highest BCUT2D eigenvalue weighted by atomic mass is 16.6. The van der Waals surface area contributed by atoms with E-state index >= 15 is 0 Å². The van der Waals surface area contributed by atoms with Crippen molar-refractivity contribution in [1.82, 2.24) is 9.88 Å². The van der Waals surface area contributed by atoms with Gasteiger partial charge >= 0.3 is 11.9 Å². The van der Waals surface area contributed by atoms with Crippen LogP contribution in [0.3, 0.4) is 0 Å². The summed E-state index contributed by atoms with van der Waals surface area (Å²) < 4.78 is 39.1. The average molecular weight is 609 g/mol. The monoisotopic (exact) mass is 608 g/mol. The van der Waals surface area contributed by atoms with Crippen LogP contribution in [-0.4, -0.2) is 89.8 Å². The highest BCUT2D eigenvalue weighted by Crippen LogP contribution is 2.51. The minimum absolute atomic E-state index is 0.0170. The average Bonchev–Trinajstić information content (AvgIpc) is 3.43. The van der Waals surface area contributed by atoms with Crippen molar-refractivity contribution in [1.29, 1.82) is 0 Å². The molecule has 0 bridgehead atoms. The summed E-state index contributed by atoms with van der Waals surface area (Å²) in [6, 6.07) is 9.40. The van der Waals surface area contributed by atoms with Gasteiger partial charge in [-0.2, -0.15) is 0 Å². The Bertz CT molecular complexity index is 1530. The second-order valence-corrected chi connectivity index (χ2v) is 11.7. The Balaban J connectivity index is 1.29. The predicted octanol–water partition coefficient (Wildman–Crippen LogP) is 4.17. The summed E-state index contributed by atoms with van der Waals surface area (Å²) in [6.07, 6.45) is 0.920. The molecule has 0 radical (unpaired) electrons. The normalized spacial score (nSPS) is 26.1. The topological polar surface area (TPSA) is 118 Å². The number of fused-ring (bicyclic) bond motifs is 6. The summed E-state index contributed by atoms with van der Waals surface area (Å²) in [4.78, 5) is 33.1. The molecule has 11 nitrogen and oxygen atoms in total. The molecule has 3 heterocycles. The summed E-state index contributed by atoms with van der Waals surface area (Å²) in [6.45, 7) is 1.68. The van der Waals surface area contributed by atoms with E-state index in [2.05, 4.69) is 16.0 Å². The Labute approximate surface area is 256 Å². The summed E-state index contributed by atoms with van der Waals surface area (Å²) >= 11 is 0. The van der Waals surface area contributed by atoms with Gasteiger partial charge in [0.1, 0.15) is 18.0 Å². The number of esters is 2. The Morgan fingerprint density at radius 2 is 1.66 bits per heavy atom. The van der Waals surface area contributed by atoms with Crippen LogP contribution in [0, 0.1) is 17.8 Å². The lowest BCUT2D eigenvalue weighted by atomic mass is 9.63. The van der Waals surface area contributed by atoms with Gasteiger partial charge in [-0.1, -0.05) is 0 Å². The zero-order valence-electron chi connectivity index (χ0n) is 26.0. The number of hydrogen-bond donors (Lipinski definition) is 1. The number of piperidine rings is 1. The largest absolute Gasteiger partial charge is 0.497 e. The molecular formula is C33H40N2O9. The number of nitrogens with zero attached hydrogens (tertiary/aromatic N) is 1. The lowest BCUT2D eigenvalue weighted by molar-refractivity contribution is -0.176. The van der Waals surface area contributed by atoms with E-state index < -0.39 is 24.1 Å². The number of nitrogens with one attached hydrogen (secondary N) is 1. The first-order valence-electron chi connectivity index (χ1n) is 14.9. The predicted molar refractivity (Wildman–Crippen MR) is 161 cm³/mol. The molecule has 2 aromatic carbocycles. The molecule has 3 unspecified atom stereocenters. The molecule has 1 aromatic heterocycles. The highest BCUT2D eigenvalue weighted by Gasteiger charge is 2.54. The van der Waals surface area contributed by atoms with Gasteiger partial charge in [-0.25, -0.2) is 4.79 Å². The van der Waals surface area contributed by atoms with Gasteiger partial charge < -0.3 is 38.1 Å². The van der Waals surface area contributed by atoms with Crippen LogP contribution in [0.4, 0.5) is 0 Å². The standard InChI is InChI=1S/C33H40N2O9/c1-38-19-7-8-20-21-9-10-35-16-18-13-27(44-32(36)17-11-25(39-2)30(41-4)26(12-17)40-3)31(42-5)28(33(37)43-6)22(18)15-24(35)29(21)34-23(20)14-19/h7-8,11-12,14,18,22,24,27-28,31,34H,9-10,13,15-16H2,1-6H3/t18-,22-,24-,27?,28?,31?/m1/s1. The van der Waals surface area contributed by atoms with Gasteiger partial charge in [0.05, 0.1) is 53.1 Å². The van der Waals surface area contributed by atoms with Crippen LogP contribution in [0.2, 0.25) is 0 Å². The molecule has 6 rings (SSSR count). The third-order valence-electron chi connectivity index (χ3n) is 9.76. The van der Waals surface area contributed by atoms with Crippen LogP contribution >= 0.6 is 0 Å². The number of hydrogen-bond acceptors (Lipinski definition) is 10. The third-order valence-corrected chi connectivity index (χ3v) is 9.76. The fourth-order valence-corrected chi connectivity index (χ4v) is 7.76. The number of benzene rings is 2. The number of carbonyl (C=O) groups excluding carboxylic acids is 2. The van der Waals surface area contributed by atoms with E-state index in [1.807, 2.05) is 12.1 Å². The summed E-state index contributed by atoms with van der Waals surface area (Å²) in [7, 11) is 9.10. The molecule has 11 heteroatoms. The molecule has 1 aliphatic carbocycles. The zero-order chi connectivity index (χ0) is 31.1. The number of carbonyl (C=O) groups is 2. The SMILES string of the molecule is COC(=O)C1C(OC)C(OC(=O)c2cc(OC)c(OC)c(OC)c2)C[C@@H]2CN3CCc4c([nH]c5cc(OC)ccc45)[C@H]3C[C@@H]12. The molecule has 1 N–H and O–H groups in total. The molecule has 1 saturated heterocycles. The Morgan fingerprint density at radius 1 is 0.909 bits per heavy atom. The van der Waals surface area contributed by atoms with Gasteiger partial charge in [-0.3, -0.25) is 9.69 Å². The molecule has 236 valence electrons. The minimum atomic E-state index is -0.670. The lowest BCUT2D eigenvalue weighted by Gasteiger charge is -2.52. The van der Waals surface area contributed by atoms with E-state index in [0.717, 1.165) is 37.2 Å². The molecule has 0 amide bonds. The van der Waals surface area contributed by atoms with Crippen LogP contribution in [-0.2, 0) is 25.4 Å². The van der Waals surface area contributed by atoms with Crippen molar-refractivity contribution in [2.75, 3.05) is 55.7 Å². The van der Waals surface area contributed by atoms with Gasteiger partial charge in [-0.15, -0.1) is 0 Å². The highest BCUT2D eigenvalue weighted by molar-refractivity contribution is 5.91. The van der Waals surface area contributed by atoms with Crippen LogP contribution in [0.15, 0.2) is 30.3 Å². The lowest BCUT2D eigenvalue weighted by Crippen LogP contribution is -2.58. The van der Waals surface area contributed by atoms with E-state index in [9.17, 15) is 9.59 Å². The van der Waals surface area contributed by atoms with Gasteiger partial charge in [0.2, 0.25) is 5.75 Å². The number of H-pyrrole nitrogens is 1. The molecule has 44 heavy (non-hydrogen) atoms. The number of ether oxygens (including phenoxy) is 7. The summed E-state index contributed by atoms with van der Waals surface area (Å²) in [5, 5.41) is 1.21. The Kier molecular flexibility index (Phi) is 8.34. The Hall–Kier alpha value is -3.96. The molecule has 6 atom stereocenters. The number of rotatable bonds is 8. The van der Waals surface area contributed by atoms with Crippen molar-refractivity contribution < 1.29 is 42.7 Å². The van der Waals surface area contributed by atoms with Gasteiger partial charge in [0.15, 0.2) is 11.5 Å². The van der Waals surface area contributed by atoms with E-state index in [4.69, 9.17) is 33.2 Å². The van der Waals surface area contributed by atoms with Crippen molar-refractivity contribution in [2.24, 2.45) is 17.8 Å². The van der Waals surface area contributed by atoms with Crippen LogP contribution in [0.1, 0.15) is 40.5 Å². The first kappa shape index (κ1) is 30.1. The van der Waals surface area contributed by atoms with Crippen LogP contribution in [0.5, 0.6) is 23.0 Å². The van der Waals surface area contributed by atoms with Gasteiger partial charge in [0.25, 0.3) is 0 Å². The summed E-state index contributed by atoms with van der Waals surface area (Å²) in [5.41, 5.74) is 3.83. The zero-order valence-corrected chi connectivity index (χ0v) is 26.0. The molecule has 0 spiro atoms. The molecular weight excluding hydrogens is 568 g/mol. The van der Waals surface area contributed by atoms with Gasteiger partial charge in [0, 0.05) is 42.9 Å². The van der Waals surface area contributed by atoms with E-state index in [-0.39, 0.29) is 29.4 Å². The van der Waals surface area contributed by atoms with Gasteiger partial charge in [-0.05, 0) is 60.9 Å². The van der Waals surface area contributed by atoms with E-state index in [0.29, 0.717) is 23.7 Å². The fourth-order valence-electron chi connectivity index (χ4n) is 7.76. The second kappa shape index (κ2) is 12.2. The van der Waals surface area contributed by atoms with Crippen LogP contribution < -0.4 is 18.9 Å². The number of aromatic nitrogens is 1. The molecule has 2 aliphatic heterocycles. The van der Waals surface area contributed by atoms with E-state index in [1.165, 1.54) is 45.1 Å². The fraction of sp³-hybridized carbons (Fsp3) is 0.515. The quantitative estimate of drug-likeness (QED) is 0.374. The molecule has 1 saturated carbocycles. The summed E-state index contributed by atoms with van der Waals surface area (Å²) in [5.74, 6) is 0.441. The number of aromatic amines is 1. The third kappa shape index (κ3) is 5.01. The van der Waals surface area contributed by atoms with Crippen LogP contribution in [0.25, 0.3) is 10.9 Å². The second-order valence-electron chi connectivity index (χ2n) is 11.7. The Morgan fingerprint density at radius 3 is 2.30 bits per heavy atom. The van der Waals surface area contributed by atoms with Crippen molar-refractivity contribution in [3.05, 3.63) is 47.2 Å². The maximum Gasteiger partial charge on any atom is 0.338 e. The maximum atomic E-state index is 13.5. The number of methoxy groups -OCH3 is 6. The first-order chi connectivity index (χ1) is 21.3. The van der Waals surface area contributed by atoms with Crippen molar-refractivity contribution in [3.63, 3.8) is 0 Å². The van der Waals surface area contributed by atoms with Crippen molar-refractivity contribution >= 4 is 22.8 Å².